The Hall–Kier alpha value is -2.33. The first-order valence-electron chi connectivity index (χ1n) is 8.80. The van der Waals surface area contributed by atoms with E-state index in [4.69, 9.17) is 0 Å². The minimum atomic E-state index is -3.66. The number of amidine groups is 1. The number of amides is 1. The van der Waals surface area contributed by atoms with Gasteiger partial charge in [-0.15, -0.1) is 14.6 Å². The predicted octanol–water partition coefficient (Wildman–Crippen LogP) is 1.90. The van der Waals surface area contributed by atoms with Crippen LogP contribution in [0.25, 0.3) is 0 Å². The van der Waals surface area contributed by atoms with Gasteiger partial charge in [0.05, 0.1) is 5.92 Å². The fourth-order valence-corrected chi connectivity index (χ4v) is 5.26. The van der Waals surface area contributed by atoms with E-state index in [0.717, 1.165) is 24.3 Å². The van der Waals surface area contributed by atoms with E-state index in [-0.39, 0.29) is 16.7 Å². The van der Waals surface area contributed by atoms with Crippen LogP contribution in [-0.4, -0.2) is 48.3 Å². The molecular weight excluding hydrogens is 386 g/mol. The minimum Gasteiger partial charge on any atom is -0.355 e. The molecule has 2 aliphatic rings. The molecule has 1 saturated heterocycles. The molecule has 142 valence electrons. The van der Waals surface area contributed by atoms with Gasteiger partial charge in [0.1, 0.15) is 9.90 Å². The number of piperidine rings is 1. The standard InChI is InChI=1S/C17H19N5O3S2/c1-2-14-19-20-17(26-14)18-16(23)11-6-5-9-22(10-11)15-12-7-3-4-8-13(12)27(24,25)21-15/h3-4,7-8,11H,2,5-6,9-10H2,1H3,(H,18,20,23). The van der Waals surface area contributed by atoms with Gasteiger partial charge in [-0.05, 0) is 31.4 Å². The molecule has 8 nitrogen and oxygen atoms in total. The van der Waals surface area contributed by atoms with E-state index in [1.165, 1.54) is 11.3 Å². The lowest BCUT2D eigenvalue weighted by Gasteiger charge is -2.33. The topological polar surface area (TPSA) is 105 Å². The SMILES string of the molecule is CCc1nnc(NC(=O)C2CCCN(C3=NS(=O)(=O)c4ccccc43)C2)s1. The van der Waals surface area contributed by atoms with E-state index >= 15 is 0 Å². The fourth-order valence-electron chi connectivity index (χ4n) is 3.35. The zero-order valence-corrected chi connectivity index (χ0v) is 16.4. The Labute approximate surface area is 161 Å². The van der Waals surface area contributed by atoms with Gasteiger partial charge in [0.2, 0.25) is 11.0 Å². The molecular formula is C17H19N5O3S2. The first-order valence-corrected chi connectivity index (χ1v) is 11.1. The third-order valence-corrected chi connectivity index (χ3v) is 7.01. The molecule has 1 aromatic heterocycles. The van der Waals surface area contributed by atoms with E-state index in [0.29, 0.717) is 29.6 Å². The van der Waals surface area contributed by atoms with Crippen LogP contribution in [0.2, 0.25) is 0 Å². The van der Waals surface area contributed by atoms with Crippen LogP contribution in [0.1, 0.15) is 30.3 Å². The number of benzene rings is 1. The number of aromatic nitrogens is 2. The molecule has 1 aromatic carbocycles. The highest BCUT2D eigenvalue weighted by Gasteiger charge is 2.35. The molecule has 1 atom stereocenters. The summed E-state index contributed by atoms with van der Waals surface area (Å²) < 4.78 is 28.5. The molecule has 0 aliphatic carbocycles. The Morgan fingerprint density at radius 1 is 1.33 bits per heavy atom. The Morgan fingerprint density at radius 2 is 2.15 bits per heavy atom. The number of hydrogen-bond donors (Lipinski definition) is 1. The number of carbonyl (C=O) groups is 1. The number of hydrogen-bond acceptors (Lipinski definition) is 7. The summed E-state index contributed by atoms with van der Waals surface area (Å²) in [6.07, 6.45) is 2.30. The minimum absolute atomic E-state index is 0.117. The highest BCUT2D eigenvalue weighted by Crippen LogP contribution is 2.30. The number of nitrogens with one attached hydrogen (secondary N) is 1. The van der Waals surface area contributed by atoms with Crippen LogP contribution in [0, 0.1) is 5.92 Å². The third kappa shape index (κ3) is 3.46. The van der Waals surface area contributed by atoms with Gasteiger partial charge in [0, 0.05) is 18.7 Å². The van der Waals surface area contributed by atoms with Crippen molar-refractivity contribution in [2.75, 3.05) is 18.4 Å². The van der Waals surface area contributed by atoms with Crippen molar-refractivity contribution < 1.29 is 13.2 Å². The Kier molecular flexibility index (Phi) is 4.68. The lowest BCUT2D eigenvalue weighted by atomic mass is 9.96. The van der Waals surface area contributed by atoms with Gasteiger partial charge in [-0.2, -0.15) is 8.42 Å². The van der Waals surface area contributed by atoms with E-state index in [1.807, 2.05) is 11.8 Å². The molecule has 2 aromatic rings. The molecule has 0 saturated carbocycles. The van der Waals surface area contributed by atoms with Gasteiger partial charge in [-0.1, -0.05) is 30.4 Å². The van der Waals surface area contributed by atoms with Crippen LogP contribution in [-0.2, 0) is 21.2 Å². The second-order valence-corrected chi connectivity index (χ2v) is 9.15. The van der Waals surface area contributed by atoms with E-state index in [1.54, 1.807) is 24.3 Å². The second-order valence-electron chi connectivity index (χ2n) is 6.52. The van der Waals surface area contributed by atoms with Crippen molar-refractivity contribution >= 4 is 38.2 Å². The maximum absolute atomic E-state index is 12.6. The van der Waals surface area contributed by atoms with Gasteiger partial charge in [0.15, 0.2) is 5.84 Å². The molecule has 2 aliphatic heterocycles. The molecule has 0 spiro atoms. The number of sulfonamides is 1. The molecule has 10 heteroatoms. The summed E-state index contributed by atoms with van der Waals surface area (Å²) in [5, 5.41) is 12.2. The Balaban J connectivity index is 1.51. The van der Waals surface area contributed by atoms with Crippen LogP contribution < -0.4 is 5.32 Å². The van der Waals surface area contributed by atoms with Crippen molar-refractivity contribution in [3.63, 3.8) is 0 Å². The van der Waals surface area contributed by atoms with E-state index in [2.05, 4.69) is 19.9 Å². The van der Waals surface area contributed by atoms with Crippen LogP contribution in [0.15, 0.2) is 33.6 Å². The van der Waals surface area contributed by atoms with Crippen molar-refractivity contribution in [2.24, 2.45) is 10.3 Å². The second kappa shape index (κ2) is 7.01. The van der Waals surface area contributed by atoms with Crippen LogP contribution in [0.4, 0.5) is 5.13 Å². The summed E-state index contributed by atoms with van der Waals surface area (Å²) in [6.45, 7) is 3.08. The van der Waals surface area contributed by atoms with Gasteiger partial charge in [-0.25, -0.2) is 0 Å². The molecule has 1 fully saturated rings. The van der Waals surface area contributed by atoms with Crippen molar-refractivity contribution in [2.45, 2.75) is 31.1 Å². The lowest BCUT2D eigenvalue weighted by molar-refractivity contribution is -0.121. The maximum Gasteiger partial charge on any atom is 0.285 e. The largest absolute Gasteiger partial charge is 0.355 e. The van der Waals surface area contributed by atoms with Gasteiger partial charge >= 0.3 is 0 Å². The van der Waals surface area contributed by atoms with E-state index in [9.17, 15) is 13.2 Å². The third-order valence-electron chi connectivity index (χ3n) is 4.70. The number of anilines is 1. The highest BCUT2D eigenvalue weighted by atomic mass is 32.2. The van der Waals surface area contributed by atoms with Crippen LogP contribution in [0.5, 0.6) is 0 Å². The summed E-state index contributed by atoms with van der Waals surface area (Å²) in [7, 11) is -3.66. The summed E-state index contributed by atoms with van der Waals surface area (Å²) >= 11 is 1.37. The first kappa shape index (κ1) is 18.1. The fraction of sp³-hybridized carbons (Fsp3) is 0.412. The monoisotopic (exact) mass is 405 g/mol. The number of nitrogens with zero attached hydrogens (tertiary/aromatic N) is 4. The predicted molar refractivity (Wildman–Crippen MR) is 102 cm³/mol. The molecule has 1 N–H and O–H groups in total. The van der Waals surface area contributed by atoms with Gasteiger partial charge < -0.3 is 10.2 Å². The normalized spacial score (nSPS) is 20.9. The molecule has 27 heavy (non-hydrogen) atoms. The quantitative estimate of drug-likeness (QED) is 0.836. The molecule has 4 rings (SSSR count). The zero-order valence-electron chi connectivity index (χ0n) is 14.8. The lowest BCUT2D eigenvalue weighted by Crippen LogP contribution is -2.43. The number of carbonyl (C=O) groups excluding carboxylic acids is 1. The summed E-state index contributed by atoms with van der Waals surface area (Å²) in [6, 6.07) is 6.81. The Morgan fingerprint density at radius 3 is 2.93 bits per heavy atom. The molecule has 3 heterocycles. The van der Waals surface area contributed by atoms with Crippen molar-refractivity contribution in [3.05, 3.63) is 34.8 Å². The number of aryl methyl sites for hydroxylation is 1. The number of rotatable bonds is 3. The summed E-state index contributed by atoms with van der Waals surface area (Å²) in [5.41, 5.74) is 0.607. The molecule has 0 bridgehead atoms. The highest BCUT2D eigenvalue weighted by molar-refractivity contribution is 7.90. The van der Waals surface area contributed by atoms with Crippen molar-refractivity contribution in [3.8, 4) is 0 Å². The first-order chi connectivity index (χ1) is 13.0. The molecule has 0 radical (unpaired) electrons. The Bertz CT molecular complexity index is 1020. The molecule has 1 amide bonds. The maximum atomic E-state index is 12.6. The van der Waals surface area contributed by atoms with E-state index < -0.39 is 10.0 Å². The van der Waals surface area contributed by atoms with Crippen LogP contribution >= 0.6 is 11.3 Å². The van der Waals surface area contributed by atoms with Gasteiger partial charge in [0.25, 0.3) is 10.0 Å². The van der Waals surface area contributed by atoms with Crippen molar-refractivity contribution in [1.82, 2.24) is 15.1 Å². The van der Waals surface area contributed by atoms with Gasteiger partial charge in [-0.3, -0.25) is 4.79 Å². The van der Waals surface area contributed by atoms with Crippen molar-refractivity contribution in [1.29, 1.82) is 0 Å². The zero-order chi connectivity index (χ0) is 19.0. The average Bonchev–Trinajstić information content (AvgIpc) is 3.24. The number of fused-ring (bicyclic) bond motifs is 1. The molecule has 1 unspecified atom stereocenters. The smallest absolute Gasteiger partial charge is 0.285 e. The number of likely N-dealkylation sites (tertiary alicyclic amines) is 1. The summed E-state index contributed by atoms with van der Waals surface area (Å²) in [5.74, 6) is 0.0615. The average molecular weight is 406 g/mol. The summed E-state index contributed by atoms with van der Waals surface area (Å²) in [4.78, 5) is 14.8. The van der Waals surface area contributed by atoms with Crippen LogP contribution in [0.3, 0.4) is 0 Å².